The number of benzene rings is 3. The van der Waals surface area contributed by atoms with E-state index >= 15 is 0 Å². The Hall–Kier alpha value is -2.24. The van der Waals surface area contributed by atoms with Crippen molar-refractivity contribution in [3.05, 3.63) is 94.5 Å². The van der Waals surface area contributed by atoms with Gasteiger partial charge in [-0.05, 0) is 54.1 Å². The molecule has 1 heterocycles. The van der Waals surface area contributed by atoms with Crippen LogP contribution in [0, 0.1) is 0 Å². The molecule has 0 atom stereocenters. The maximum Gasteiger partial charge on any atom is 0.122 e. The zero-order chi connectivity index (χ0) is 17.2. The van der Waals surface area contributed by atoms with Crippen molar-refractivity contribution in [3.8, 4) is 0 Å². The second-order valence-electron chi connectivity index (χ2n) is 5.68. The molecular weight excluding hydrogens is 355 g/mol. The summed E-state index contributed by atoms with van der Waals surface area (Å²) in [7, 11) is 0. The molecule has 126 valence electrons. The van der Waals surface area contributed by atoms with Crippen molar-refractivity contribution in [2.75, 3.05) is 10.2 Å². The molecule has 3 aromatic rings. The smallest absolute Gasteiger partial charge is 0.122 e. The SMILES string of the molecule is Clc1ccc(N2NC(c3ccccc3)NN2c2ccc(Cl)cc2)cc1. The molecule has 2 N–H and O–H groups in total. The molecule has 1 saturated heterocycles. The lowest BCUT2D eigenvalue weighted by atomic mass is 10.2. The molecule has 4 nitrogen and oxygen atoms in total. The maximum absolute atomic E-state index is 6.03. The number of hydrogen-bond acceptors (Lipinski definition) is 4. The molecule has 3 aromatic carbocycles. The van der Waals surface area contributed by atoms with Crippen molar-refractivity contribution < 1.29 is 0 Å². The first kappa shape index (κ1) is 16.2. The predicted molar refractivity (Wildman–Crippen MR) is 103 cm³/mol. The first-order chi connectivity index (χ1) is 12.2. The molecule has 0 spiro atoms. The molecule has 6 heteroatoms. The third-order valence-electron chi connectivity index (χ3n) is 3.98. The minimum Gasteiger partial charge on any atom is -0.201 e. The van der Waals surface area contributed by atoms with Gasteiger partial charge in [-0.15, -0.1) is 0 Å². The molecule has 25 heavy (non-hydrogen) atoms. The van der Waals surface area contributed by atoms with E-state index in [1.54, 1.807) is 0 Å². The zero-order valence-corrected chi connectivity index (χ0v) is 14.7. The van der Waals surface area contributed by atoms with Gasteiger partial charge in [0.25, 0.3) is 0 Å². The van der Waals surface area contributed by atoms with Gasteiger partial charge in [0.1, 0.15) is 6.17 Å². The van der Waals surface area contributed by atoms with Crippen molar-refractivity contribution in [3.63, 3.8) is 0 Å². The Bertz CT molecular complexity index is 784. The van der Waals surface area contributed by atoms with Gasteiger partial charge in [-0.3, -0.25) is 0 Å². The lowest BCUT2D eigenvalue weighted by Crippen LogP contribution is -2.45. The number of anilines is 2. The van der Waals surface area contributed by atoms with E-state index in [-0.39, 0.29) is 6.17 Å². The number of rotatable bonds is 3. The first-order valence-corrected chi connectivity index (χ1v) is 8.65. The van der Waals surface area contributed by atoms with Crippen LogP contribution in [0.25, 0.3) is 0 Å². The van der Waals surface area contributed by atoms with Crippen LogP contribution in [0.3, 0.4) is 0 Å². The topological polar surface area (TPSA) is 30.5 Å². The van der Waals surface area contributed by atoms with Crippen LogP contribution in [0.4, 0.5) is 11.4 Å². The van der Waals surface area contributed by atoms with Crippen LogP contribution in [-0.4, -0.2) is 0 Å². The largest absolute Gasteiger partial charge is 0.201 e. The van der Waals surface area contributed by atoms with Crippen molar-refractivity contribution >= 4 is 34.6 Å². The fraction of sp³-hybridized carbons (Fsp3) is 0.0526. The minimum atomic E-state index is -0.0624. The third-order valence-corrected chi connectivity index (χ3v) is 4.48. The van der Waals surface area contributed by atoms with Gasteiger partial charge in [0.2, 0.25) is 0 Å². The summed E-state index contributed by atoms with van der Waals surface area (Å²) in [5.41, 5.74) is 10.0. The molecule has 0 aromatic heterocycles. The summed E-state index contributed by atoms with van der Waals surface area (Å²) in [6.45, 7) is 0. The molecule has 0 unspecified atom stereocenters. The van der Waals surface area contributed by atoms with Crippen LogP contribution < -0.4 is 21.1 Å². The lowest BCUT2D eigenvalue weighted by Gasteiger charge is -2.29. The van der Waals surface area contributed by atoms with Gasteiger partial charge in [-0.2, -0.15) is 10.9 Å². The third kappa shape index (κ3) is 3.43. The first-order valence-electron chi connectivity index (χ1n) is 7.89. The number of hydrogen-bond donors (Lipinski definition) is 2. The van der Waals surface area contributed by atoms with E-state index in [9.17, 15) is 0 Å². The van der Waals surface area contributed by atoms with E-state index in [0.717, 1.165) is 16.9 Å². The summed E-state index contributed by atoms with van der Waals surface area (Å²) in [5, 5.41) is 5.32. The van der Waals surface area contributed by atoms with E-state index < -0.39 is 0 Å². The monoisotopic (exact) mass is 370 g/mol. The zero-order valence-electron chi connectivity index (χ0n) is 13.2. The highest BCUT2D eigenvalue weighted by atomic mass is 35.5. The number of hydrazine groups is 3. The maximum atomic E-state index is 6.03. The number of nitrogens with zero attached hydrogens (tertiary/aromatic N) is 2. The van der Waals surface area contributed by atoms with Crippen molar-refractivity contribution in [2.24, 2.45) is 0 Å². The Morgan fingerprint density at radius 3 is 1.48 bits per heavy atom. The Balaban J connectivity index is 1.70. The standard InChI is InChI=1S/C19H16Cl2N4/c20-15-6-10-17(11-7-15)24-22-19(14-4-2-1-3-5-14)23-25(24)18-12-8-16(21)9-13-18/h1-13,19,22-23H. The van der Waals surface area contributed by atoms with E-state index in [0.29, 0.717) is 10.0 Å². The molecule has 1 aliphatic rings. The van der Waals surface area contributed by atoms with E-state index in [2.05, 4.69) is 23.0 Å². The molecular formula is C19H16Cl2N4. The fourth-order valence-electron chi connectivity index (χ4n) is 2.73. The molecule has 0 saturated carbocycles. The fourth-order valence-corrected chi connectivity index (χ4v) is 2.98. The number of halogens is 2. The van der Waals surface area contributed by atoms with Gasteiger partial charge in [0.05, 0.1) is 11.4 Å². The van der Waals surface area contributed by atoms with Gasteiger partial charge >= 0.3 is 0 Å². The van der Waals surface area contributed by atoms with Crippen LogP contribution >= 0.6 is 23.2 Å². The van der Waals surface area contributed by atoms with Gasteiger partial charge in [-0.1, -0.05) is 53.5 Å². The second-order valence-corrected chi connectivity index (χ2v) is 6.55. The van der Waals surface area contributed by atoms with Crippen LogP contribution in [0.15, 0.2) is 78.9 Å². The van der Waals surface area contributed by atoms with E-state index in [1.807, 2.05) is 77.0 Å². The molecule has 0 radical (unpaired) electrons. The molecule has 0 amide bonds. The van der Waals surface area contributed by atoms with Crippen LogP contribution in [0.1, 0.15) is 11.7 Å². The minimum absolute atomic E-state index is 0.0624. The molecule has 0 aliphatic carbocycles. The summed E-state index contributed by atoms with van der Waals surface area (Å²) in [5.74, 6) is 0. The normalized spacial score (nSPS) is 15.0. The van der Waals surface area contributed by atoms with Crippen molar-refractivity contribution in [1.82, 2.24) is 10.9 Å². The summed E-state index contributed by atoms with van der Waals surface area (Å²) < 4.78 is 0. The summed E-state index contributed by atoms with van der Waals surface area (Å²) in [6, 6.07) is 25.6. The summed E-state index contributed by atoms with van der Waals surface area (Å²) in [4.78, 5) is 0. The van der Waals surface area contributed by atoms with Crippen LogP contribution in [0.5, 0.6) is 0 Å². The molecule has 1 fully saturated rings. The highest BCUT2D eigenvalue weighted by molar-refractivity contribution is 6.30. The summed E-state index contributed by atoms with van der Waals surface area (Å²) >= 11 is 12.1. The van der Waals surface area contributed by atoms with Gasteiger partial charge in [-0.25, -0.2) is 10.2 Å². The Morgan fingerprint density at radius 2 is 1.04 bits per heavy atom. The average molecular weight is 371 g/mol. The molecule has 1 aliphatic heterocycles. The highest BCUT2D eigenvalue weighted by Gasteiger charge is 2.30. The van der Waals surface area contributed by atoms with Gasteiger partial charge < -0.3 is 0 Å². The van der Waals surface area contributed by atoms with E-state index in [1.165, 1.54) is 0 Å². The van der Waals surface area contributed by atoms with Crippen molar-refractivity contribution in [2.45, 2.75) is 6.17 Å². The molecule has 0 bridgehead atoms. The Labute approximate surface area is 156 Å². The van der Waals surface area contributed by atoms with E-state index in [4.69, 9.17) is 23.2 Å². The Kier molecular flexibility index (Phi) is 4.51. The van der Waals surface area contributed by atoms with Gasteiger partial charge in [0, 0.05) is 10.0 Å². The Morgan fingerprint density at radius 1 is 0.600 bits per heavy atom. The highest BCUT2D eigenvalue weighted by Crippen LogP contribution is 2.29. The number of nitrogens with one attached hydrogen (secondary N) is 2. The summed E-state index contributed by atoms with van der Waals surface area (Å²) in [6.07, 6.45) is -0.0624. The van der Waals surface area contributed by atoms with Crippen LogP contribution in [-0.2, 0) is 0 Å². The second kappa shape index (κ2) is 6.94. The average Bonchev–Trinajstić information content (AvgIpc) is 3.09. The quantitative estimate of drug-likeness (QED) is 0.683. The van der Waals surface area contributed by atoms with Gasteiger partial charge in [0.15, 0.2) is 0 Å². The predicted octanol–water partition coefficient (Wildman–Crippen LogP) is 4.94. The molecule has 4 rings (SSSR count). The lowest BCUT2D eigenvalue weighted by molar-refractivity contribution is 0.574. The van der Waals surface area contributed by atoms with Crippen LogP contribution in [0.2, 0.25) is 10.0 Å². The van der Waals surface area contributed by atoms with Crippen molar-refractivity contribution in [1.29, 1.82) is 0 Å².